The summed E-state index contributed by atoms with van der Waals surface area (Å²) in [7, 11) is 0. The maximum atomic E-state index is 11.0. The molecule has 0 aromatic rings. The van der Waals surface area contributed by atoms with E-state index in [-0.39, 0.29) is 5.97 Å². The molecule has 0 N–H and O–H groups in total. The molecule has 0 amide bonds. The number of ether oxygens (including phenoxy) is 1. The van der Waals surface area contributed by atoms with Crippen molar-refractivity contribution >= 4 is 5.97 Å². The average Bonchev–Trinajstić information content (AvgIpc) is 2.58. The molecule has 0 aromatic heterocycles. The Balaban J connectivity index is 3.10. The Hall–Kier alpha value is -1.05. The molecule has 0 aliphatic carbocycles. The van der Waals surface area contributed by atoms with E-state index in [0.717, 1.165) is 12.8 Å². The molecule has 0 saturated carbocycles. The first-order valence-corrected chi connectivity index (χ1v) is 10.3. The number of hydrogen-bond acceptors (Lipinski definition) is 2. The van der Waals surface area contributed by atoms with E-state index in [9.17, 15) is 4.79 Å². The molecule has 0 atom stereocenters. The van der Waals surface area contributed by atoms with Crippen molar-refractivity contribution in [3.8, 4) is 0 Å². The molecule has 0 unspecified atom stereocenters. The molecular weight excluding hydrogens is 296 g/mol. The van der Waals surface area contributed by atoms with Crippen molar-refractivity contribution in [3.63, 3.8) is 0 Å². The molecule has 0 heterocycles. The van der Waals surface area contributed by atoms with Crippen LogP contribution in [0, 0.1) is 0 Å². The van der Waals surface area contributed by atoms with Crippen LogP contribution in [0.4, 0.5) is 0 Å². The van der Waals surface area contributed by atoms with E-state index in [4.69, 9.17) is 0 Å². The fourth-order valence-corrected chi connectivity index (χ4v) is 2.93. The molecule has 2 nitrogen and oxygen atoms in total. The van der Waals surface area contributed by atoms with Gasteiger partial charge in [0.25, 0.3) is 0 Å². The second kappa shape index (κ2) is 20.0. The van der Waals surface area contributed by atoms with Crippen LogP contribution < -0.4 is 0 Å². The van der Waals surface area contributed by atoms with Crippen LogP contribution in [0.1, 0.15) is 110 Å². The van der Waals surface area contributed by atoms with Gasteiger partial charge in [-0.2, -0.15) is 0 Å². The predicted octanol–water partition coefficient (Wildman–Crippen LogP) is 7.49. The summed E-state index contributed by atoms with van der Waals surface area (Å²) in [4.78, 5) is 11.0. The Bertz CT molecular complexity index is 307. The molecular formula is C22H40O2. The number of rotatable bonds is 18. The summed E-state index contributed by atoms with van der Waals surface area (Å²) in [5.74, 6) is -0.328. The zero-order valence-electron chi connectivity index (χ0n) is 16.1. The second-order valence-corrected chi connectivity index (χ2v) is 6.74. The molecule has 140 valence electrons. The molecule has 0 radical (unpaired) electrons. The van der Waals surface area contributed by atoms with Gasteiger partial charge in [-0.1, -0.05) is 109 Å². The number of hydrogen-bond donors (Lipinski definition) is 0. The first-order valence-electron chi connectivity index (χ1n) is 10.3. The van der Waals surface area contributed by atoms with Gasteiger partial charge in [0.2, 0.25) is 0 Å². The highest BCUT2D eigenvalue weighted by molar-refractivity contribution is 5.82. The Morgan fingerprint density at radius 2 is 1.17 bits per heavy atom. The van der Waals surface area contributed by atoms with Crippen molar-refractivity contribution in [2.45, 2.75) is 110 Å². The van der Waals surface area contributed by atoms with Crippen LogP contribution >= 0.6 is 0 Å². The lowest BCUT2D eigenvalue weighted by molar-refractivity contribution is -0.132. The Kier molecular flexibility index (Phi) is 19.1. The smallest absolute Gasteiger partial charge is 0.335 e. The minimum Gasteiger partial charge on any atom is -0.432 e. The van der Waals surface area contributed by atoms with Gasteiger partial charge in [-0.3, -0.25) is 0 Å². The Morgan fingerprint density at radius 1 is 0.750 bits per heavy atom. The normalized spacial score (nSPS) is 11.0. The van der Waals surface area contributed by atoms with Gasteiger partial charge in [0.05, 0.1) is 6.26 Å². The molecule has 0 rings (SSSR count). The lowest BCUT2D eigenvalue weighted by Crippen LogP contribution is -1.92. The Morgan fingerprint density at radius 3 is 1.58 bits per heavy atom. The van der Waals surface area contributed by atoms with Crippen molar-refractivity contribution in [1.82, 2.24) is 0 Å². The lowest BCUT2D eigenvalue weighted by Gasteiger charge is -2.03. The van der Waals surface area contributed by atoms with Crippen LogP contribution in [-0.4, -0.2) is 5.97 Å². The third-order valence-electron chi connectivity index (χ3n) is 4.43. The van der Waals surface area contributed by atoms with Gasteiger partial charge in [0, 0.05) is 6.08 Å². The van der Waals surface area contributed by atoms with Crippen LogP contribution in [0.15, 0.2) is 25.0 Å². The highest BCUT2D eigenvalue weighted by Crippen LogP contribution is 2.13. The zero-order chi connectivity index (χ0) is 17.7. The third kappa shape index (κ3) is 19.0. The van der Waals surface area contributed by atoms with Gasteiger partial charge in [0.15, 0.2) is 0 Å². The summed E-state index contributed by atoms with van der Waals surface area (Å²) >= 11 is 0. The van der Waals surface area contributed by atoms with E-state index in [1.165, 1.54) is 102 Å². The average molecular weight is 337 g/mol. The second-order valence-electron chi connectivity index (χ2n) is 6.74. The molecule has 0 spiro atoms. The molecule has 0 fully saturated rings. The topological polar surface area (TPSA) is 26.3 Å². The van der Waals surface area contributed by atoms with Gasteiger partial charge < -0.3 is 4.74 Å². The Labute approximate surface area is 150 Å². The lowest BCUT2D eigenvalue weighted by atomic mass is 10.0. The van der Waals surface area contributed by atoms with Crippen LogP contribution in [0.2, 0.25) is 0 Å². The number of carbonyl (C=O) groups excluding carboxylic acids is 1. The van der Waals surface area contributed by atoms with Gasteiger partial charge in [-0.25, -0.2) is 4.79 Å². The molecule has 24 heavy (non-hydrogen) atoms. The van der Waals surface area contributed by atoms with Crippen LogP contribution in [0.5, 0.6) is 0 Å². The van der Waals surface area contributed by atoms with E-state index in [0.29, 0.717) is 0 Å². The van der Waals surface area contributed by atoms with Crippen molar-refractivity contribution < 1.29 is 9.53 Å². The van der Waals surface area contributed by atoms with Crippen LogP contribution in [0.3, 0.4) is 0 Å². The highest BCUT2D eigenvalue weighted by Gasteiger charge is 1.94. The minimum atomic E-state index is -0.328. The van der Waals surface area contributed by atoms with Crippen LogP contribution in [0.25, 0.3) is 0 Å². The molecule has 0 aliphatic heterocycles. The van der Waals surface area contributed by atoms with Crippen LogP contribution in [-0.2, 0) is 9.53 Å². The monoisotopic (exact) mass is 336 g/mol. The van der Waals surface area contributed by atoms with Gasteiger partial charge >= 0.3 is 5.97 Å². The number of unbranched alkanes of at least 4 members (excludes halogenated alkanes) is 15. The SMILES string of the molecule is C=COC(=O)C=CCCCCCCCCCCCCCCCCC. The van der Waals surface area contributed by atoms with E-state index in [2.05, 4.69) is 18.2 Å². The first kappa shape index (κ1) is 22.9. The quantitative estimate of drug-likeness (QED) is 0.112. The standard InChI is InChI=1S/C22H40O2/c1-3-5-6-7-8-9-10-11-12-13-14-15-16-17-18-19-20-21-22(23)24-4-2/h4,20-21H,2-3,5-19H2,1H3. The molecule has 0 bridgehead atoms. The molecule has 0 aliphatic rings. The molecule has 0 saturated heterocycles. The van der Waals surface area contributed by atoms with Crippen molar-refractivity contribution in [2.24, 2.45) is 0 Å². The predicted molar refractivity (Wildman–Crippen MR) is 105 cm³/mol. The van der Waals surface area contributed by atoms with E-state index >= 15 is 0 Å². The number of allylic oxidation sites excluding steroid dienone is 1. The maximum absolute atomic E-state index is 11.0. The van der Waals surface area contributed by atoms with Gasteiger partial charge in [0.1, 0.15) is 0 Å². The van der Waals surface area contributed by atoms with Crippen molar-refractivity contribution in [2.75, 3.05) is 0 Å². The molecule has 2 heteroatoms. The summed E-state index contributed by atoms with van der Waals surface area (Å²) in [6.45, 7) is 5.63. The number of carbonyl (C=O) groups is 1. The van der Waals surface area contributed by atoms with Crippen molar-refractivity contribution in [1.29, 1.82) is 0 Å². The van der Waals surface area contributed by atoms with Gasteiger partial charge in [-0.05, 0) is 12.8 Å². The minimum absolute atomic E-state index is 0.328. The third-order valence-corrected chi connectivity index (χ3v) is 4.43. The summed E-state index contributed by atoms with van der Waals surface area (Å²) in [6.07, 6.45) is 26.2. The summed E-state index contributed by atoms with van der Waals surface area (Å²) < 4.78 is 4.61. The summed E-state index contributed by atoms with van der Waals surface area (Å²) in [5, 5.41) is 0. The fraction of sp³-hybridized carbons (Fsp3) is 0.773. The highest BCUT2D eigenvalue weighted by atomic mass is 16.5. The zero-order valence-corrected chi connectivity index (χ0v) is 16.1. The molecule has 0 aromatic carbocycles. The first-order chi connectivity index (χ1) is 11.8. The summed E-state index contributed by atoms with van der Waals surface area (Å²) in [6, 6.07) is 0. The van der Waals surface area contributed by atoms with E-state index < -0.39 is 0 Å². The summed E-state index contributed by atoms with van der Waals surface area (Å²) in [5.41, 5.74) is 0. The van der Waals surface area contributed by atoms with Crippen molar-refractivity contribution in [3.05, 3.63) is 25.0 Å². The van der Waals surface area contributed by atoms with Gasteiger partial charge in [-0.15, -0.1) is 0 Å². The van der Waals surface area contributed by atoms with E-state index in [1.54, 1.807) is 0 Å². The number of esters is 1. The van der Waals surface area contributed by atoms with E-state index in [1.807, 2.05) is 6.08 Å². The fourth-order valence-electron chi connectivity index (χ4n) is 2.93. The largest absolute Gasteiger partial charge is 0.432 e. The maximum Gasteiger partial charge on any atom is 0.335 e.